The SMILES string of the molecule is CCn1c2c(c(=O)n3ncc(C(=O)Nc4cccc(SC)c4)c13)CN(Cc1ccccc1)CC2. The Kier molecular flexibility index (Phi) is 6.26. The van der Waals surface area contributed by atoms with Gasteiger partial charge in [0.15, 0.2) is 5.65 Å². The van der Waals surface area contributed by atoms with Crippen molar-refractivity contribution >= 4 is 29.0 Å². The van der Waals surface area contributed by atoms with Crippen LogP contribution in [0.5, 0.6) is 0 Å². The van der Waals surface area contributed by atoms with E-state index >= 15 is 0 Å². The quantitative estimate of drug-likeness (QED) is 0.428. The summed E-state index contributed by atoms with van der Waals surface area (Å²) < 4.78 is 3.47. The number of carbonyl (C=O) groups is 1. The minimum Gasteiger partial charge on any atom is -0.329 e. The van der Waals surface area contributed by atoms with Gasteiger partial charge in [-0.15, -0.1) is 11.8 Å². The molecule has 34 heavy (non-hydrogen) atoms. The number of aryl methyl sites for hydroxylation is 1. The summed E-state index contributed by atoms with van der Waals surface area (Å²) in [5.74, 6) is -0.267. The lowest BCUT2D eigenvalue weighted by molar-refractivity contribution is 0.102. The van der Waals surface area contributed by atoms with Crippen LogP contribution in [0.4, 0.5) is 5.69 Å². The van der Waals surface area contributed by atoms with Gasteiger partial charge in [-0.3, -0.25) is 14.5 Å². The van der Waals surface area contributed by atoms with E-state index in [4.69, 9.17) is 0 Å². The summed E-state index contributed by atoms with van der Waals surface area (Å²) in [5.41, 5.74) is 4.53. The third-order valence-corrected chi connectivity index (χ3v) is 7.03. The second-order valence-corrected chi connectivity index (χ2v) is 9.28. The second-order valence-electron chi connectivity index (χ2n) is 8.40. The van der Waals surface area contributed by atoms with E-state index in [2.05, 4.69) is 32.0 Å². The Morgan fingerprint density at radius 1 is 1.15 bits per heavy atom. The molecule has 1 N–H and O–H groups in total. The number of fused-ring (bicyclic) bond motifs is 2. The smallest absolute Gasteiger partial charge is 0.279 e. The van der Waals surface area contributed by atoms with Crippen molar-refractivity contribution in [1.82, 2.24) is 19.1 Å². The van der Waals surface area contributed by atoms with Crippen molar-refractivity contribution in [2.45, 2.75) is 37.9 Å². The molecule has 3 heterocycles. The number of amides is 1. The summed E-state index contributed by atoms with van der Waals surface area (Å²) >= 11 is 1.62. The topological polar surface area (TPSA) is 71.6 Å². The van der Waals surface area contributed by atoms with E-state index < -0.39 is 0 Å². The molecular formula is C26H27N5O2S. The van der Waals surface area contributed by atoms with E-state index in [1.165, 1.54) is 16.3 Å². The minimum absolute atomic E-state index is 0.143. The van der Waals surface area contributed by atoms with Crippen molar-refractivity contribution < 1.29 is 4.79 Å². The van der Waals surface area contributed by atoms with Gasteiger partial charge in [-0.2, -0.15) is 9.61 Å². The molecule has 0 saturated heterocycles. The van der Waals surface area contributed by atoms with Gasteiger partial charge in [-0.05, 0) is 36.9 Å². The molecule has 0 radical (unpaired) electrons. The van der Waals surface area contributed by atoms with E-state index in [1.807, 2.05) is 55.6 Å². The molecule has 0 atom stereocenters. The average Bonchev–Trinajstić information content (AvgIpc) is 3.31. The Bertz CT molecular complexity index is 1410. The van der Waals surface area contributed by atoms with Crippen LogP contribution < -0.4 is 10.9 Å². The lowest BCUT2D eigenvalue weighted by Gasteiger charge is -2.30. The zero-order chi connectivity index (χ0) is 23.7. The fraction of sp³-hybridized carbons (Fsp3) is 0.269. The monoisotopic (exact) mass is 473 g/mol. The van der Waals surface area contributed by atoms with Gasteiger partial charge in [0.25, 0.3) is 11.5 Å². The fourth-order valence-corrected chi connectivity index (χ4v) is 5.14. The van der Waals surface area contributed by atoms with Crippen molar-refractivity contribution in [3.05, 3.63) is 93.5 Å². The second kappa shape index (κ2) is 9.48. The van der Waals surface area contributed by atoms with Gasteiger partial charge in [0.1, 0.15) is 5.56 Å². The van der Waals surface area contributed by atoms with E-state index in [1.54, 1.807) is 11.8 Å². The Hall–Kier alpha value is -3.36. The highest BCUT2D eigenvalue weighted by atomic mass is 32.2. The van der Waals surface area contributed by atoms with Gasteiger partial charge in [-0.25, -0.2) is 0 Å². The predicted octanol–water partition coefficient (Wildman–Crippen LogP) is 4.05. The third-order valence-electron chi connectivity index (χ3n) is 6.31. The van der Waals surface area contributed by atoms with Crippen LogP contribution in [-0.2, 0) is 26.1 Å². The number of rotatable bonds is 6. The molecule has 1 aliphatic rings. The maximum absolute atomic E-state index is 13.4. The minimum atomic E-state index is -0.267. The first-order valence-electron chi connectivity index (χ1n) is 11.4. The highest BCUT2D eigenvalue weighted by molar-refractivity contribution is 7.98. The van der Waals surface area contributed by atoms with Crippen LogP contribution in [0.3, 0.4) is 0 Å². The van der Waals surface area contributed by atoms with Crippen LogP contribution in [-0.4, -0.2) is 37.8 Å². The molecule has 174 valence electrons. The van der Waals surface area contributed by atoms with Gasteiger partial charge in [0, 0.05) is 48.9 Å². The standard InChI is InChI=1S/C26H27N5O2S/c1-3-30-23-12-13-29(16-18-8-5-4-6-9-18)17-22(23)26(33)31-25(30)21(15-27-31)24(32)28-19-10-7-11-20(14-19)34-2/h4-11,14-15H,3,12-13,16-17H2,1-2H3,(H,28,32). The summed E-state index contributed by atoms with van der Waals surface area (Å²) in [6, 6.07) is 18.0. The Morgan fingerprint density at radius 2 is 1.97 bits per heavy atom. The molecule has 5 rings (SSSR count). The summed E-state index contributed by atoms with van der Waals surface area (Å²) in [6.07, 6.45) is 4.25. The number of nitrogens with zero attached hydrogens (tertiary/aromatic N) is 4. The first-order chi connectivity index (χ1) is 16.6. The van der Waals surface area contributed by atoms with Crippen LogP contribution in [0.25, 0.3) is 5.65 Å². The third kappa shape index (κ3) is 4.15. The number of thioether (sulfide) groups is 1. The molecule has 7 nitrogen and oxygen atoms in total. The zero-order valence-corrected chi connectivity index (χ0v) is 20.1. The number of anilines is 1. The first-order valence-corrected chi connectivity index (χ1v) is 12.7. The highest BCUT2D eigenvalue weighted by Crippen LogP contribution is 2.23. The van der Waals surface area contributed by atoms with Gasteiger partial charge < -0.3 is 9.88 Å². The van der Waals surface area contributed by atoms with Gasteiger partial charge in [-0.1, -0.05) is 36.4 Å². The fourth-order valence-electron chi connectivity index (χ4n) is 4.68. The van der Waals surface area contributed by atoms with Crippen LogP contribution in [0.1, 0.15) is 34.1 Å². The van der Waals surface area contributed by atoms with Gasteiger partial charge in [0.2, 0.25) is 0 Å². The average molecular weight is 474 g/mol. The number of benzene rings is 2. The van der Waals surface area contributed by atoms with E-state index in [-0.39, 0.29) is 11.5 Å². The summed E-state index contributed by atoms with van der Waals surface area (Å²) in [5, 5.41) is 7.31. The Labute approximate surface area is 202 Å². The van der Waals surface area contributed by atoms with Crippen molar-refractivity contribution in [2.75, 3.05) is 18.1 Å². The largest absolute Gasteiger partial charge is 0.329 e. The number of aromatic nitrogens is 3. The molecular weight excluding hydrogens is 446 g/mol. The van der Waals surface area contributed by atoms with Gasteiger partial charge in [0.05, 0.1) is 11.8 Å². The Balaban J connectivity index is 1.50. The molecule has 8 heteroatoms. The molecule has 0 spiro atoms. The molecule has 0 unspecified atom stereocenters. The van der Waals surface area contributed by atoms with Crippen molar-refractivity contribution in [2.24, 2.45) is 0 Å². The number of hydrogen-bond donors (Lipinski definition) is 1. The lowest BCUT2D eigenvalue weighted by atomic mass is 10.0. The molecule has 0 fully saturated rings. The van der Waals surface area contributed by atoms with Crippen molar-refractivity contribution in [3.63, 3.8) is 0 Å². The molecule has 2 aromatic heterocycles. The number of hydrogen-bond acceptors (Lipinski definition) is 5. The molecule has 0 bridgehead atoms. The van der Waals surface area contributed by atoms with E-state index in [9.17, 15) is 9.59 Å². The first kappa shape index (κ1) is 22.4. The number of carbonyl (C=O) groups excluding carboxylic acids is 1. The summed E-state index contributed by atoms with van der Waals surface area (Å²) in [7, 11) is 0. The van der Waals surface area contributed by atoms with Gasteiger partial charge >= 0.3 is 0 Å². The predicted molar refractivity (Wildman–Crippen MR) is 136 cm³/mol. The molecule has 4 aromatic rings. The molecule has 2 aromatic carbocycles. The maximum Gasteiger partial charge on any atom is 0.279 e. The lowest BCUT2D eigenvalue weighted by Crippen LogP contribution is -2.38. The van der Waals surface area contributed by atoms with E-state index in [0.29, 0.717) is 24.3 Å². The van der Waals surface area contributed by atoms with E-state index in [0.717, 1.165) is 41.4 Å². The molecule has 1 aliphatic heterocycles. The van der Waals surface area contributed by atoms with Crippen LogP contribution in [0, 0.1) is 0 Å². The van der Waals surface area contributed by atoms with Crippen LogP contribution >= 0.6 is 11.8 Å². The summed E-state index contributed by atoms with van der Waals surface area (Å²) in [6.45, 7) is 4.92. The van der Waals surface area contributed by atoms with Crippen molar-refractivity contribution in [1.29, 1.82) is 0 Å². The maximum atomic E-state index is 13.4. The summed E-state index contributed by atoms with van der Waals surface area (Å²) in [4.78, 5) is 30.0. The highest BCUT2D eigenvalue weighted by Gasteiger charge is 2.27. The Morgan fingerprint density at radius 3 is 2.74 bits per heavy atom. The zero-order valence-electron chi connectivity index (χ0n) is 19.3. The number of nitrogens with one attached hydrogen (secondary N) is 1. The molecule has 0 saturated carbocycles. The van der Waals surface area contributed by atoms with Crippen LogP contribution in [0.15, 0.2) is 70.5 Å². The van der Waals surface area contributed by atoms with Crippen molar-refractivity contribution in [3.8, 4) is 0 Å². The van der Waals surface area contributed by atoms with Crippen LogP contribution in [0.2, 0.25) is 0 Å². The molecule has 0 aliphatic carbocycles. The molecule has 1 amide bonds. The normalized spacial score (nSPS) is 13.7.